The fourth-order valence-electron chi connectivity index (χ4n) is 4.25. The van der Waals surface area contributed by atoms with Gasteiger partial charge in [-0.15, -0.1) is 0 Å². The van der Waals surface area contributed by atoms with Gasteiger partial charge in [0.1, 0.15) is 12.4 Å². The predicted octanol–water partition coefficient (Wildman–Crippen LogP) is 4.09. The number of carbonyl (C=O) groups excluding carboxylic acids is 2. The second-order valence-electron chi connectivity index (χ2n) is 8.33. The van der Waals surface area contributed by atoms with Gasteiger partial charge >= 0.3 is 12.1 Å². The normalized spacial score (nSPS) is 17.5. The first-order valence-corrected chi connectivity index (χ1v) is 10.9. The second-order valence-corrected chi connectivity index (χ2v) is 8.33. The number of rotatable bonds is 4. The van der Waals surface area contributed by atoms with Crippen LogP contribution in [-0.2, 0) is 19.0 Å². The third kappa shape index (κ3) is 3.83. The number of cyclic esters (lactones) is 1. The molecule has 2 aliphatic heterocycles. The first-order chi connectivity index (χ1) is 16.4. The fraction of sp³-hybridized carbons (Fsp3) is 0.192. The molecule has 1 atom stereocenters. The van der Waals surface area contributed by atoms with Crippen LogP contribution in [0.25, 0.3) is 22.0 Å². The van der Waals surface area contributed by atoms with Gasteiger partial charge in [0, 0.05) is 17.1 Å². The van der Waals surface area contributed by atoms with Crippen LogP contribution in [0.1, 0.15) is 25.3 Å². The molecule has 172 valence electrons. The Hall–Kier alpha value is -4.33. The Labute approximate surface area is 196 Å². The molecule has 0 saturated carbocycles. The maximum atomic E-state index is 12.8. The topological polar surface area (TPSA) is 113 Å². The van der Waals surface area contributed by atoms with Crippen LogP contribution in [0.15, 0.2) is 83.6 Å². The number of carbonyl (C=O) groups is 2. The van der Waals surface area contributed by atoms with Gasteiger partial charge in [0.05, 0.1) is 28.8 Å². The highest BCUT2D eigenvalue weighted by molar-refractivity contribution is 5.97. The molecule has 8 nitrogen and oxygen atoms in total. The zero-order valence-electron chi connectivity index (χ0n) is 18.7. The lowest BCUT2D eigenvalue weighted by molar-refractivity contribution is -0.136. The molecule has 0 saturated heterocycles. The molecule has 0 aliphatic carbocycles. The molecule has 2 aromatic carbocycles. The summed E-state index contributed by atoms with van der Waals surface area (Å²) >= 11 is 0. The molecular weight excluding hydrogens is 434 g/mol. The average molecular weight is 457 g/mol. The van der Waals surface area contributed by atoms with Crippen LogP contribution in [0.5, 0.6) is 0 Å². The van der Waals surface area contributed by atoms with Crippen LogP contribution < -0.4 is 11.1 Å². The number of aromatic nitrogens is 1. The quantitative estimate of drug-likeness (QED) is 0.564. The summed E-state index contributed by atoms with van der Waals surface area (Å²) in [5.74, 6) is -1.07. The lowest BCUT2D eigenvalue weighted by Gasteiger charge is -2.28. The van der Waals surface area contributed by atoms with E-state index >= 15 is 0 Å². The molecule has 1 aromatic heterocycles. The number of allylic oxidation sites excluding steroid dienone is 1. The maximum absolute atomic E-state index is 12.8. The number of nitrogens with zero attached hydrogens (tertiary/aromatic N) is 1. The average Bonchev–Trinajstić information content (AvgIpc) is 3.19. The van der Waals surface area contributed by atoms with Crippen LogP contribution in [0.4, 0.5) is 4.79 Å². The van der Waals surface area contributed by atoms with E-state index in [2.05, 4.69) is 10.3 Å². The summed E-state index contributed by atoms with van der Waals surface area (Å²) in [5.41, 5.74) is 10.5. The Morgan fingerprint density at radius 2 is 1.94 bits per heavy atom. The number of hydrogen-bond donors (Lipinski definition) is 2. The van der Waals surface area contributed by atoms with Gasteiger partial charge in [-0.05, 0) is 37.1 Å². The van der Waals surface area contributed by atoms with Crippen LogP contribution in [0.2, 0.25) is 0 Å². The van der Waals surface area contributed by atoms with Crippen LogP contribution in [-0.4, -0.2) is 29.8 Å². The molecule has 3 heterocycles. The van der Waals surface area contributed by atoms with Crippen molar-refractivity contribution in [3.8, 4) is 11.1 Å². The second kappa shape index (κ2) is 8.55. The van der Waals surface area contributed by atoms with Gasteiger partial charge in [-0.1, -0.05) is 42.5 Å². The highest BCUT2D eigenvalue weighted by Gasteiger charge is 2.42. The van der Waals surface area contributed by atoms with Crippen molar-refractivity contribution in [2.45, 2.75) is 25.9 Å². The van der Waals surface area contributed by atoms with Crippen molar-refractivity contribution in [2.24, 2.45) is 5.73 Å². The van der Waals surface area contributed by atoms with Crippen molar-refractivity contribution in [3.63, 3.8) is 0 Å². The maximum Gasteiger partial charge on any atom is 0.513 e. The minimum absolute atomic E-state index is 0.0629. The fourth-order valence-corrected chi connectivity index (χ4v) is 4.25. The third-order valence-electron chi connectivity index (χ3n) is 5.70. The number of fused-ring (bicyclic) bond motifs is 1. The van der Waals surface area contributed by atoms with E-state index in [1.54, 1.807) is 20.0 Å². The molecule has 34 heavy (non-hydrogen) atoms. The first-order valence-electron chi connectivity index (χ1n) is 10.9. The van der Waals surface area contributed by atoms with Gasteiger partial charge in [-0.2, -0.15) is 0 Å². The van der Waals surface area contributed by atoms with E-state index in [1.807, 2.05) is 54.6 Å². The van der Waals surface area contributed by atoms with E-state index in [0.717, 1.165) is 22.0 Å². The van der Waals surface area contributed by atoms with E-state index in [1.165, 1.54) is 0 Å². The van der Waals surface area contributed by atoms with Crippen molar-refractivity contribution in [3.05, 3.63) is 89.2 Å². The van der Waals surface area contributed by atoms with Gasteiger partial charge in [0.25, 0.3) is 0 Å². The Balaban J connectivity index is 1.68. The lowest BCUT2D eigenvalue weighted by Crippen LogP contribution is -2.33. The zero-order valence-corrected chi connectivity index (χ0v) is 18.7. The first kappa shape index (κ1) is 21.5. The number of benzene rings is 2. The summed E-state index contributed by atoms with van der Waals surface area (Å²) in [5, 5.41) is 3.74. The monoisotopic (exact) mass is 457 g/mol. The van der Waals surface area contributed by atoms with Crippen LogP contribution in [0, 0.1) is 0 Å². The lowest BCUT2D eigenvalue weighted by atomic mass is 9.84. The van der Waals surface area contributed by atoms with E-state index < -0.39 is 18.0 Å². The zero-order chi connectivity index (χ0) is 23.8. The molecule has 0 bridgehead atoms. The number of esters is 1. The Kier molecular flexibility index (Phi) is 5.41. The number of pyridine rings is 1. The molecule has 0 fully saturated rings. The Bertz CT molecular complexity index is 1360. The molecule has 0 amide bonds. The summed E-state index contributed by atoms with van der Waals surface area (Å²) in [6.45, 7) is 3.49. The predicted molar refractivity (Wildman–Crippen MR) is 125 cm³/mol. The number of nitrogens with one attached hydrogen (secondary N) is 1. The van der Waals surface area contributed by atoms with Crippen LogP contribution >= 0.6 is 0 Å². The summed E-state index contributed by atoms with van der Waals surface area (Å²) in [6.07, 6.45) is 0.518. The van der Waals surface area contributed by atoms with E-state index in [0.29, 0.717) is 16.8 Å². The highest BCUT2D eigenvalue weighted by atomic mass is 16.7. The number of hydrogen-bond acceptors (Lipinski definition) is 8. The molecule has 0 spiro atoms. The van der Waals surface area contributed by atoms with E-state index in [4.69, 9.17) is 19.9 Å². The molecule has 8 heteroatoms. The summed E-state index contributed by atoms with van der Waals surface area (Å²) < 4.78 is 16.0. The van der Waals surface area contributed by atoms with Gasteiger partial charge in [0.15, 0.2) is 5.76 Å². The number of ether oxygens (including phenoxy) is 3. The standard InChI is InChI=1S/C26H23N3O5/c1-14(2)33-26(31)34-23-21(22-20(29-24(23)27)13-32-25(22)30)17-9-6-10-19-18(17)11-16(12-28-19)15-7-4-3-5-8-15/h3-12,14,21,29H,13,27H2,1-2H3. The molecule has 1 unspecified atom stereocenters. The van der Waals surface area contributed by atoms with Crippen molar-refractivity contribution in [2.75, 3.05) is 6.61 Å². The number of dihydropyridines is 1. The largest absolute Gasteiger partial charge is 0.513 e. The van der Waals surface area contributed by atoms with Gasteiger partial charge in [-0.3, -0.25) is 4.98 Å². The van der Waals surface area contributed by atoms with E-state index in [9.17, 15) is 9.59 Å². The van der Waals surface area contributed by atoms with Crippen LogP contribution in [0.3, 0.4) is 0 Å². The minimum Gasteiger partial charge on any atom is -0.456 e. The molecular formula is C26H23N3O5. The molecule has 0 radical (unpaired) electrons. The van der Waals surface area contributed by atoms with Gasteiger partial charge < -0.3 is 25.3 Å². The highest BCUT2D eigenvalue weighted by Crippen LogP contribution is 2.43. The smallest absolute Gasteiger partial charge is 0.456 e. The van der Waals surface area contributed by atoms with E-state index in [-0.39, 0.29) is 24.3 Å². The Morgan fingerprint density at radius 1 is 1.15 bits per heavy atom. The van der Waals surface area contributed by atoms with Crippen molar-refractivity contribution < 1.29 is 23.8 Å². The van der Waals surface area contributed by atoms with Crippen molar-refractivity contribution >= 4 is 23.0 Å². The number of nitrogens with two attached hydrogens (primary N) is 1. The van der Waals surface area contributed by atoms with Gasteiger partial charge in [0.2, 0.25) is 0 Å². The molecule has 3 aromatic rings. The SMILES string of the molecule is CC(C)OC(=O)OC1=C(N)NC2=C(C(=O)OC2)C1c1cccc2ncc(-c3ccccc3)cc12. The minimum atomic E-state index is -0.904. The van der Waals surface area contributed by atoms with Crippen molar-refractivity contribution in [1.29, 1.82) is 0 Å². The molecule has 3 N–H and O–H groups in total. The molecule has 5 rings (SSSR count). The molecule has 2 aliphatic rings. The Morgan fingerprint density at radius 3 is 2.71 bits per heavy atom. The summed E-state index contributed by atoms with van der Waals surface area (Å²) in [6, 6.07) is 17.5. The van der Waals surface area contributed by atoms with Crippen molar-refractivity contribution in [1.82, 2.24) is 10.3 Å². The third-order valence-corrected chi connectivity index (χ3v) is 5.70. The summed E-state index contributed by atoms with van der Waals surface area (Å²) in [4.78, 5) is 29.8. The summed E-state index contributed by atoms with van der Waals surface area (Å²) in [7, 11) is 0. The van der Waals surface area contributed by atoms with Gasteiger partial charge in [-0.25, -0.2) is 9.59 Å².